The second kappa shape index (κ2) is 5.15. The highest BCUT2D eigenvalue weighted by molar-refractivity contribution is 6.12. The average Bonchev–Trinajstić information content (AvgIpc) is 3.18. The number of fused-ring (bicyclic) bond motifs is 1. The molecule has 0 saturated heterocycles. The van der Waals surface area contributed by atoms with Gasteiger partial charge in [0.15, 0.2) is 0 Å². The molecule has 1 aliphatic heterocycles. The van der Waals surface area contributed by atoms with Gasteiger partial charge in [-0.3, -0.25) is 4.79 Å². The van der Waals surface area contributed by atoms with Crippen LogP contribution in [0.4, 0.5) is 0 Å². The minimum atomic E-state index is -0.000616. The number of hydrogen-bond acceptors (Lipinski definition) is 3. The van der Waals surface area contributed by atoms with E-state index in [-0.39, 0.29) is 12.3 Å². The van der Waals surface area contributed by atoms with Crippen LogP contribution in [0.2, 0.25) is 0 Å². The van der Waals surface area contributed by atoms with Crippen LogP contribution < -0.4 is 0 Å². The zero-order chi connectivity index (χ0) is 14.9. The first-order valence-electron chi connectivity index (χ1n) is 7.19. The summed E-state index contributed by atoms with van der Waals surface area (Å²) in [5.74, 6) is 0.660. The first kappa shape index (κ1) is 12.8. The summed E-state index contributed by atoms with van der Waals surface area (Å²) in [6, 6.07) is 17.9. The fourth-order valence-corrected chi connectivity index (χ4v) is 2.77. The number of carbonyl (C=O) groups is 1. The second-order valence-corrected chi connectivity index (χ2v) is 5.29. The van der Waals surface area contributed by atoms with Crippen molar-refractivity contribution in [2.75, 3.05) is 0 Å². The number of hydrazone groups is 1. The summed E-state index contributed by atoms with van der Waals surface area (Å²) >= 11 is 0. The topological polar surface area (TPSA) is 45.8 Å². The third-order valence-electron chi connectivity index (χ3n) is 3.85. The number of furan rings is 1. The summed E-state index contributed by atoms with van der Waals surface area (Å²) in [5, 5.41) is 8.27. The molecule has 108 valence electrons. The summed E-state index contributed by atoms with van der Waals surface area (Å²) in [6.45, 7) is 0.477. The summed E-state index contributed by atoms with van der Waals surface area (Å²) < 4.78 is 5.32. The van der Waals surface area contributed by atoms with Crippen molar-refractivity contribution in [2.24, 2.45) is 5.10 Å². The molecule has 0 spiro atoms. The van der Waals surface area contributed by atoms with Crippen molar-refractivity contribution >= 4 is 22.4 Å². The van der Waals surface area contributed by atoms with Crippen LogP contribution in [0.5, 0.6) is 0 Å². The predicted octanol–water partition coefficient (Wildman–Crippen LogP) is 3.57. The molecule has 4 heteroatoms. The average molecular weight is 290 g/mol. The Kier molecular flexibility index (Phi) is 3.00. The van der Waals surface area contributed by atoms with Crippen molar-refractivity contribution in [2.45, 2.75) is 13.0 Å². The van der Waals surface area contributed by atoms with Gasteiger partial charge in [0, 0.05) is 0 Å². The number of amides is 1. The van der Waals surface area contributed by atoms with Gasteiger partial charge in [-0.25, -0.2) is 5.01 Å². The minimum absolute atomic E-state index is 0.000616. The molecular formula is C18H14N2O2. The maximum Gasteiger partial charge on any atom is 0.249 e. The van der Waals surface area contributed by atoms with E-state index in [1.54, 1.807) is 12.3 Å². The second-order valence-electron chi connectivity index (χ2n) is 5.29. The zero-order valence-corrected chi connectivity index (χ0v) is 11.9. The van der Waals surface area contributed by atoms with Gasteiger partial charge in [0.1, 0.15) is 11.5 Å². The van der Waals surface area contributed by atoms with E-state index < -0.39 is 0 Å². The fraction of sp³-hybridized carbons (Fsp3) is 0.111. The minimum Gasteiger partial charge on any atom is -0.463 e. The van der Waals surface area contributed by atoms with E-state index in [1.807, 2.05) is 30.3 Å². The van der Waals surface area contributed by atoms with E-state index >= 15 is 0 Å². The quantitative estimate of drug-likeness (QED) is 0.740. The van der Waals surface area contributed by atoms with Gasteiger partial charge in [-0.1, -0.05) is 42.5 Å². The van der Waals surface area contributed by atoms with Crippen LogP contribution >= 0.6 is 0 Å². The van der Waals surface area contributed by atoms with Crippen LogP contribution in [-0.4, -0.2) is 16.6 Å². The molecule has 0 unspecified atom stereocenters. The molecule has 4 nitrogen and oxygen atoms in total. The van der Waals surface area contributed by atoms with Gasteiger partial charge in [0.25, 0.3) is 0 Å². The summed E-state index contributed by atoms with van der Waals surface area (Å²) in [4.78, 5) is 12.2. The summed E-state index contributed by atoms with van der Waals surface area (Å²) in [7, 11) is 0. The molecule has 2 aromatic carbocycles. The molecule has 0 atom stereocenters. The van der Waals surface area contributed by atoms with E-state index in [0.717, 1.165) is 10.9 Å². The highest BCUT2D eigenvalue weighted by Crippen LogP contribution is 2.23. The Hall–Kier alpha value is -2.88. The van der Waals surface area contributed by atoms with Crippen LogP contribution in [0.15, 0.2) is 70.4 Å². The number of nitrogens with zero attached hydrogens (tertiary/aromatic N) is 2. The van der Waals surface area contributed by atoms with Gasteiger partial charge < -0.3 is 4.42 Å². The van der Waals surface area contributed by atoms with Crippen LogP contribution in [0, 0.1) is 0 Å². The lowest BCUT2D eigenvalue weighted by atomic mass is 10.0. The molecule has 0 bridgehead atoms. The van der Waals surface area contributed by atoms with Crippen molar-refractivity contribution in [3.05, 3.63) is 72.2 Å². The lowest BCUT2D eigenvalue weighted by Gasteiger charge is -2.13. The predicted molar refractivity (Wildman–Crippen MR) is 84.4 cm³/mol. The van der Waals surface area contributed by atoms with Crippen molar-refractivity contribution in [3.63, 3.8) is 0 Å². The third kappa shape index (κ3) is 2.19. The SMILES string of the molecule is O=C1CC(c2ccco2)=NN1Cc1cccc2ccccc12. The van der Waals surface area contributed by atoms with Gasteiger partial charge in [0.05, 0.1) is 19.2 Å². The van der Waals surface area contributed by atoms with Crippen LogP contribution in [0.1, 0.15) is 17.7 Å². The zero-order valence-electron chi connectivity index (χ0n) is 11.9. The van der Waals surface area contributed by atoms with Crippen molar-refractivity contribution < 1.29 is 9.21 Å². The highest BCUT2D eigenvalue weighted by atomic mass is 16.3. The molecule has 0 N–H and O–H groups in total. The molecule has 0 radical (unpaired) electrons. The lowest BCUT2D eigenvalue weighted by molar-refractivity contribution is -0.129. The Morgan fingerprint density at radius 1 is 1.05 bits per heavy atom. The molecule has 0 aliphatic carbocycles. The molecule has 0 fully saturated rings. The third-order valence-corrected chi connectivity index (χ3v) is 3.85. The number of carbonyl (C=O) groups excluding carboxylic acids is 1. The summed E-state index contributed by atoms with van der Waals surface area (Å²) in [6.07, 6.45) is 1.88. The van der Waals surface area contributed by atoms with Crippen LogP contribution in [0.3, 0.4) is 0 Å². The van der Waals surface area contributed by atoms with E-state index in [2.05, 4.69) is 23.3 Å². The number of benzene rings is 2. The molecule has 2 heterocycles. The smallest absolute Gasteiger partial charge is 0.249 e. The van der Waals surface area contributed by atoms with Gasteiger partial charge in [-0.2, -0.15) is 5.10 Å². The first-order valence-corrected chi connectivity index (χ1v) is 7.19. The van der Waals surface area contributed by atoms with Crippen LogP contribution in [-0.2, 0) is 11.3 Å². The Balaban J connectivity index is 1.66. The molecular weight excluding hydrogens is 276 g/mol. The Labute approximate surface area is 127 Å². The van der Waals surface area contributed by atoms with Crippen molar-refractivity contribution in [1.82, 2.24) is 5.01 Å². The monoisotopic (exact) mass is 290 g/mol. The molecule has 3 aromatic rings. The molecule has 4 rings (SSSR count). The molecule has 22 heavy (non-hydrogen) atoms. The van der Waals surface area contributed by atoms with E-state index in [9.17, 15) is 4.79 Å². The van der Waals surface area contributed by atoms with E-state index in [4.69, 9.17) is 4.42 Å². The van der Waals surface area contributed by atoms with E-state index in [0.29, 0.717) is 18.0 Å². The van der Waals surface area contributed by atoms with Gasteiger partial charge in [0.2, 0.25) is 5.91 Å². The lowest BCUT2D eigenvalue weighted by Crippen LogP contribution is -2.20. The van der Waals surface area contributed by atoms with Gasteiger partial charge in [-0.15, -0.1) is 0 Å². The highest BCUT2D eigenvalue weighted by Gasteiger charge is 2.26. The number of hydrogen-bond donors (Lipinski definition) is 0. The van der Waals surface area contributed by atoms with Crippen molar-refractivity contribution in [3.8, 4) is 0 Å². The maximum absolute atomic E-state index is 12.2. The van der Waals surface area contributed by atoms with Crippen molar-refractivity contribution in [1.29, 1.82) is 0 Å². The Morgan fingerprint density at radius 3 is 2.77 bits per heavy atom. The Bertz CT molecular complexity index is 860. The summed E-state index contributed by atoms with van der Waals surface area (Å²) in [5.41, 5.74) is 1.78. The largest absolute Gasteiger partial charge is 0.463 e. The first-order chi connectivity index (χ1) is 10.8. The molecule has 1 amide bonds. The van der Waals surface area contributed by atoms with Gasteiger partial charge in [-0.05, 0) is 28.5 Å². The Morgan fingerprint density at radius 2 is 1.91 bits per heavy atom. The molecule has 1 aromatic heterocycles. The normalized spacial score (nSPS) is 14.6. The molecule has 1 aliphatic rings. The standard InChI is InChI=1S/C18H14N2O2/c21-18-11-16(17-9-4-10-22-17)19-20(18)12-14-7-3-6-13-5-1-2-8-15(13)14/h1-10H,11-12H2. The fourth-order valence-electron chi connectivity index (χ4n) is 2.77. The van der Waals surface area contributed by atoms with Crippen LogP contribution in [0.25, 0.3) is 10.8 Å². The maximum atomic E-state index is 12.2. The van der Waals surface area contributed by atoms with Gasteiger partial charge >= 0.3 is 0 Å². The van der Waals surface area contributed by atoms with E-state index in [1.165, 1.54) is 10.4 Å². The molecule has 0 saturated carbocycles. The number of rotatable bonds is 3.